The summed E-state index contributed by atoms with van der Waals surface area (Å²) in [5.41, 5.74) is 4.14. The molecule has 4 rings (SSSR count). The highest BCUT2D eigenvalue weighted by molar-refractivity contribution is 5.68. The second kappa shape index (κ2) is 7.33. The minimum atomic E-state index is 0.148. The minimum Gasteiger partial charge on any atom is -0.497 e. The van der Waals surface area contributed by atoms with Gasteiger partial charge in [-0.3, -0.25) is 9.38 Å². The number of benzene rings is 2. The van der Waals surface area contributed by atoms with Crippen molar-refractivity contribution >= 4 is 17.8 Å². The molecule has 0 atom stereocenters. The Hall–Kier alpha value is -3.60. The summed E-state index contributed by atoms with van der Waals surface area (Å²) in [6.07, 6.45) is 7.89. The number of hydrogen-bond donors (Lipinski definition) is 1. The van der Waals surface area contributed by atoms with E-state index >= 15 is 0 Å². The molecule has 0 bridgehead atoms. The third-order valence-corrected chi connectivity index (χ3v) is 4.35. The van der Waals surface area contributed by atoms with Crippen LogP contribution >= 0.6 is 0 Å². The van der Waals surface area contributed by atoms with Crippen LogP contribution in [-0.2, 0) is 6.42 Å². The van der Waals surface area contributed by atoms with Gasteiger partial charge in [-0.25, -0.2) is 4.98 Å². The van der Waals surface area contributed by atoms with Gasteiger partial charge in [0.2, 0.25) is 5.88 Å². The first-order chi connectivity index (χ1) is 13.2. The molecule has 2 aromatic carbocycles. The fraction of sp³-hybridized carbons (Fsp3) is 0.0909. The van der Waals surface area contributed by atoms with E-state index in [0.717, 1.165) is 22.6 Å². The number of aromatic hydroxyl groups is 1. The monoisotopic (exact) mass is 357 g/mol. The molecule has 5 nitrogen and oxygen atoms in total. The van der Waals surface area contributed by atoms with Crippen LogP contribution in [0.4, 0.5) is 0 Å². The topological polar surface area (TPSA) is 59.7 Å². The van der Waals surface area contributed by atoms with Gasteiger partial charge in [0.1, 0.15) is 11.4 Å². The molecule has 0 amide bonds. The molecular formula is C22H19N3O2. The van der Waals surface area contributed by atoms with Crippen molar-refractivity contribution in [3.05, 3.63) is 89.5 Å². The Bertz CT molecular complexity index is 1080. The zero-order chi connectivity index (χ0) is 18.6. The molecule has 0 saturated carbocycles. The molecule has 0 aliphatic heterocycles. The van der Waals surface area contributed by atoms with E-state index in [1.807, 2.05) is 66.7 Å². The Morgan fingerprint density at radius 1 is 1.04 bits per heavy atom. The zero-order valence-electron chi connectivity index (χ0n) is 14.9. The number of nitrogens with zero attached hydrogens (tertiary/aromatic N) is 3. The highest BCUT2D eigenvalue weighted by Gasteiger charge is 2.12. The Kier molecular flexibility index (Phi) is 4.58. The summed E-state index contributed by atoms with van der Waals surface area (Å²) in [7, 11) is 1.65. The summed E-state index contributed by atoms with van der Waals surface area (Å²) in [6.45, 7) is 0. The predicted octanol–water partition coefficient (Wildman–Crippen LogP) is 4.20. The van der Waals surface area contributed by atoms with Crippen molar-refractivity contribution in [3.8, 4) is 11.6 Å². The van der Waals surface area contributed by atoms with Crippen molar-refractivity contribution < 1.29 is 9.84 Å². The largest absolute Gasteiger partial charge is 0.497 e. The normalized spacial score (nSPS) is 11.3. The molecule has 2 heterocycles. The van der Waals surface area contributed by atoms with E-state index in [4.69, 9.17) is 4.74 Å². The third-order valence-electron chi connectivity index (χ3n) is 4.35. The van der Waals surface area contributed by atoms with Gasteiger partial charge in [0, 0.05) is 12.6 Å². The molecule has 0 radical (unpaired) electrons. The molecule has 0 unspecified atom stereocenters. The van der Waals surface area contributed by atoms with E-state index < -0.39 is 0 Å². The van der Waals surface area contributed by atoms with Gasteiger partial charge in [0.05, 0.1) is 19.0 Å². The van der Waals surface area contributed by atoms with E-state index in [-0.39, 0.29) is 5.88 Å². The SMILES string of the molecule is COc1ccc(/C=C/c2cn3c(O)c(Cc4ccccc4)nc3cn2)cc1. The number of fused-ring (bicyclic) bond motifs is 1. The van der Waals surface area contributed by atoms with Crippen LogP contribution in [0.2, 0.25) is 0 Å². The molecule has 134 valence electrons. The van der Waals surface area contributed by atoms with Gasteiger partial charge in [-0.15, -0.1) is 0 Å². The summed E-state index contributed by atoms with van der Waals surface area (Å²) >= 11 is 0. The van der Waals surface area contributed by atoms with Crippen LogP contribution in [0.25, 0.3) is 17.8 Å². The number of methoxy groups -OCH3 is 1. The lowest BCUT2D eigenvalue weighted by Gasteiger charge is -2.00. The van der Waals surface area contributed by atoms with Crippen molar-refractivity contribution in [2.45, 2.75) is 6.42 Å². The fourth-order valence-electron chi connectivity index (χ4n) is 2.90. The van der Waals surface area contributed by atoms with Gasteiger partial charge in [0.25, 0.3) is 0 Å². The van der Waals surface area contributed by atoms with Crippen molar-refractivity contribution in [3.63, 3.8) is 0 Å². The number of imidazole rings is 1. The molecule has 0 aliphatic carbocycles. The molecular weight excluding hydrogens is 338 g/mol. The molecule has 1 N–H and O–H groups in total. The maximum Gasteiger partial charge on any atom is 0.219 e. The predicted molar refractivity (Wildman–Crippen MR) is 106 cm³/mol. The van der Waals surface area contributed by atoms with Crippen LogP contribution in [0.15, 0.2) is 67.0 Å². The van der Waals surface area contributed by atoms with Gasteiger partial charge in [0.15, 0.2) is 5.65 Å². The van der Waals surface area contributed by atoms with E-state index in [0.29, 0.717) is 17.8 Å². The first-order valence-electron chi connectivity index (χ1n) is 8.65. The third kappa shape index (κ3) is 3.67. The Labute approximate surface area is 157 Å². The summed E-state index contributed by atoms with van der Waals surface area (Å²) in [5, 5.41) is 10.6. The summed E-state index contributed by atoms with van der Waals surface area (Å²) in [6, 6.07) is 17.7. The van der Waals surface area contributed by atoms with Gasteiger partial charge < -0.3 is 9.84 Å². The van der Waals surface area contributed by atoms with E-state index in [9.17, 15) is 5.11 Å². The van der Waals surface area contributed by atoms with Gasteiger partial charge in [-0.1, -0.05) is 48.5 Å². The first kappa shape index (κ1) is 16.8. The van der Waals surface area contributed by atoms with Crippen LogP contribution in [0.1, 0.15) is 22.5 Å². The van der Waals surface area contributed by atoms with Crippen molar-refractivity contribution in [2.75, 3.05) is 7.11 Å². The van der Waals surface area contributed by atoms with Crippen LogP contribution in [0, 0.1) is 0 Å². The number of hydrogen-bond acceptors (Lipinski definition) is 4. The zero-order valence-corrected chi connectivity index (χ0v) is 14.9. The van der Waals surface area contributed by atoms with Gasteiger partial charge in [-0.2, -0.15) is 0 Å². The lowest BCUT2D eigenvalue weighted by molar-refractivity contribution is 0.415. The maximum absolute atomic E-state index is 10.6. The lowest BCUT2D eigenvalue weighted by Crippen LogP contribution is -1.90. The summed E-state index contributed by atoms with van der Waals surface area (Å²) in [5.74, 6) is 0.969. The maximum atomic E-state index is 10.6. The average Bonchev–Trinajstić information content (AvgIpc) is 3.02. The molecule has 4 aromatic rings. The van der Waals surface area contributed by atoms with Crippen LogP contribution in [0.5, 0.6) is 11.6 Å². The Morgan fingerprint density at radius 3 is 2.56 bits per heavy atom. The van der Waals surface area contributed by atoms with Crippen molar-refractivity contribution in [2.24, 2.45) is 0 Å². The average molecular weight is 357 g/mol. The number of rotatable bonds is 5. The molecule has 0 spiro atoms. The lowest BCUT2D eigenvalue weighted by atomic mass is 10.1. The molecule has 0 fully saturated rings. The fourth-order valence-corrected chi connectivity index (χ4v) is 2.90. The summed E-state index contributed by atoms with van der Waals surface area (Å²) in [4.78, 5) is 8.91. The highest BCUT2D eigenvalue weighted by Crippen LogP contribution is 2.22. The van der Waals surface area contributed by atoms with Crippen LogP contribution in [0.3, 0.4) is 0 Å². The first-order valence-corrected chi connectivity index (χ1v) is 8.65. The standard InChI is InChI=1S/C22H19N3O2/c1-27-19-11-8-16(9-12-19)7-10-18-15-25-21(14-23-18)24-20(22(25)26)13-17-5-3-2-4-6-17/h2-12,14-15,26H,13H2,1H3/b10-7+. The minimum absolute atomic E-state index is 0.148. The number of aromatic nitrogens is 3. The quantitative estimate of drug-likeness (QED) is 0.581. The van der Waals surface area contributed by atoms with Crippen LogP contribution in [-0.4, -0.2) is 26.6 Å². The van der Waals surface area contributed by atoms with Gasteiger partial charge >= 0.3 is 0 Å². The van der Waals surface area contributed by atoms with Crippen LogP contribution < -0.4 is 4.74 Å². The second-order valence-corrected chi connectivity index (χ2v) is 6.19. The molecule has 27 heavy (non-hydrogen) atoms. The van der Waals surface area contributed by atoms with Crippen molar-refractivity contribution in [1.82, 2.24) is 14.4 Å². The highest BCUT2D eigenvalue weighted by atomic mass is 16.5. The summed E-state index contributed by atoms with van der Waals surface area (Å²) < 4.78 is 6.83. The van der Waals surface area contributed by atoms with Gasteiger partial charge in [-0.05, 0) is 29.3 Å². The second-order valence-electron chi connectivity index (χ2n) is 6.19. The molecule has 0 aliphatic rings. The Morgan fingerprint density at radius 2 is 1.81 bits per heavy atom. The molecule has 0 saturated heterocycles. The van der Waals surface area contributed by atoms with Crippen molar-refractivity contribution in [1.29, 1.82) is 0 Å². The smallest absolute Gasteiger partial charge is 0.219 e. The number of ether oxygens (including phenoxy) is 1. The van der Waals surface area contributed by atoms with E-state index in [2.05, 4.69) is 9.97 Å². The Balaban J connectivity index is 1.59. The molecule has 2 aromatic heterocycles. The molecule has 5 heteroatoms. The van der Waals surface area contributed by atoms with E-state index in [1.165, 1.54) is 0 Å². The van der Waals surface area contributed by atoms with E-state index in [1.54, 1.807) is 23.9 Å².